The van der Waals surface area contributed by atoms with E-state index in [9.17, 15) is 9.59 Å². The Morgan fingerprint density at radius 3 is 2.30 bits per heavy atom. The molecule has 0 bridgehead atoms. The molecule has 0 aliphatic heterocycles. The molecule has 1 amide bonds. The molecule has 0 heterocycles. The SMILES string of the molecule is CC(C)CCC1(C(=O)Nc2cc(Cl)c(Cl)cc2SC(=O)CN(C)C)CCCCC1.Cl. The van der Waals surface area contributed by atoms with Crippen molar-refractivity contribution in [3.63, 3.8) is 0 Å². The quantitative estimate of drug-likeness (QED) is 0.398. The van der Waals surface area contributed by atoms with E-state index in [0.29, 0.717) is 33.1 Å². The van der Waals surface area contributed by atoms with Crippen LogP contribution in [0.4, 0.5) is 5.69 Å². The Labute approximate surface area is 201 Å². The molecule has 1 fully saturated rings. The molecule has 0 atom stereocenters. The molecule has 0 saturated heterocycles. The van der Waals surface area contributed by atoms with Crippen molar-refractivity contribution in [3.8, 4) is 0 Å². The van der Waals surface area contributed by atoms with Crippen molar-refractivity contribution in [1.82, 2.24) is 4.90 Å². The molecule has 170 valence electrons. The van der Waals surface area contributed by atoms with Crippen LogP contribution in [0, 0.1) is 11.3 Å². The maximum absolute atomic E-state index is 13.4. The van der Waals surface area contributed by atoms with E-state index in [-0.39, 0.29) is 28.8 Å². The van der Waals surface area contributed by atoms with E-state index in [2.05, 4.69) is 19.2 Å². The highest BCUT2D eigenvalue weighted by molar-refractivity contribution is 8.13. The second-order valence-corrected chi connectivity index (χ2v) is 10.6. The van der Waals surface area contributed by atoms with Crippen molar-refractivity contribution in [2.24, 2.45) is 11.3 Å². The third-order valence-electron chi connectivity index (χ3n) is 5.43. The largest absolute Gasteiger partial charge is 0.325 e. The second kappa shape index (κ2) is 12.5. The number of hydrogen-bond donors (Lipinski definition) is 1. The lowest BCUT2D eigenvalue weighted by molar-refractivity contribution is -0.128. The lowest BCUT2D eigenvalue weighted by atomic mass is 9.69. The third kappa shape index (κ3) is 7.90. The van der Waals surface area contributed by atoms with E-state index in [1.165, 1.54) is 6.42 Å². The van der Waals surface area contributed by atoms with Gasteiger partial charge in [-0.05, 0) is 69.6 Å². The van der Waals surface area contributed by atoms with Gasteiger partial charge in [0.05, 0.1) is 22.3 Å². The fraction of sp³-hybridized carbons (Fsp3) is 0.636. The van der Waals surface area contributed by atoms with Gasteiger partial charge < -0.3 is 10.2 Å². The molecule has 1 aliphatic carbocycles. The van der Waals surface area contributed by atoms with Crippen LogP contribution in [0.3, 0.4) is 0 Å². The number of anilines is 1. The topological polar surface area (TPSA) is 49.4 Å². The highest BCUT2D eigenvalue weighted by atomic mass is 35.5. The van der Waals surface area contributed by atoms with Crippen LogP contribution in [0.25, 0.3) is 0 Å². The first-order chi connectivity index (χ1) is 13.6. The lowest BCUT2D eigenvalue weighted by Gasteiger charge is -2.36. The number of carbonyl (C=O) groups is 2. The highest BCUT2D eigenvalue weighted by Gasteiger charge is 2.39. The van der Waals surface area contributed by atoms with Crippen LogP contribution in [0.2, 0.25) is 10.0 Å². The predicted octanol–water partition coefficient (Wildman–Crippen LogP) is 6.92. The molecule has 1 aromatic carbocycles. The molecule has 0 spiro atoms. The molecule has 1 aliphatic rings. The van der Waals surface area contributed by atoms with Crippen molar-refractivity contribution in [2.45, 2.75) is 63.7 Å². The summed E-state index contributed by atoms with van der Waals surface area (Å²) in [7, 11) is 3.69. The maximum atomic E-state index is 13.4. The molecule has 1 aromatic rings. The summed E-state index contributed by atoms with van der Waals surface area (Å²) >= 11 is 13.5. The van der Waals surface area contributed by atoms with Crippen LogP contribution in [-0.2, 0) is 9.59 Å². The number of likely N-dealkylation sites (N-methyl/N-ethyl adjacent to an activating group) is 1. The van der Waals surface area contributed by atoms with Gasteiger partial charge >= 0.3 is 0 Å². The summed E-state index contributed by atoms with van der Waals surface area (Å²) in [5.74, 6) is 0.597. The van der Waals surface area contributed by atoms with Gasteiger partial charge in [-0.25, -0.2) is 0 Å². The Morgan fingerprint density at radius 1 is 1.13 bits per heavy atom. The minimum Gasteiger partial charge on any atom is -0.325 e. The van der Waals surface area contributed by atoms with Gasteiger partial charge in [0.1, 0.15) is 0 Å². The molecule has 2 rings (SSSR count). The molecule has 0 radical (unpaired) electrons. The van der Waals surface area contributed by atoms with Gasteiger partial charge in [-0.3, -0.25) is 9.59 Å². The molecule has 1 saturated carbocycles. The minimum atomic E-state index is -0.343. The first kappa shape index (κ1) is 27.6. The van der Waals surface area contributed by atoms with E-state index in [4.69, 9.17) is 23.2 Å². The third-order valence-corrected chi connectivity index (χ3v) is 7.07. The summed E-state index contributed by atoms with van der Waals surface area (Å²) in [6.45, 7) is 4.69. The van der Waals surface area contributed by atoms with Gasteiger partial charge in [0.25, 0.3) is 0 Å². The first-order valence-electron chi connectivity index (χ1n) is 10.3. The molecular weight excluding hydrogens is 463 g/mol. The van der Waals surface area contributed by atoms with Crippen LogP contribution in [0.5, 0.6) is 0 Å². The van der Waals surface area contributed by atoms with Crippen LogP contribution in [0.15, 0.2) is 17.0 Å². The van der Waals surface area contributed by atoms with Crippen molar-refractivity contribution in [1.29, 1.82) is 0 Å². The number of carbonyl (C=O) groups excluding carboxylic acids is 2. The smallest absolute Gasteiger partial charge is 0.230 e. The summed E-state index contributed by atoms with van der Waals surface area (Å²) < 4.78 is 0. The average Bonchev–Trinajstić information content (AvgIpc) is 2.64. The van der Waals surface area contributed by atoms with Crippen LogP contribution >= 0.6 is 47.4 Å². The molecule has 0 aromatic heterocycles. The lowest BCUT2D eigenvalue weighted by Crippen LogP contribution is -2.38. The van der Waals surface area contributed by atoms with Crippen molar-refractivity contribution in [3.05, 3.63) is 22.2 Å². The van der Waals surface area contributed by atoms with Gasteiger partial charge in [-0.15, -0.1) is 12.4 Å². The Bertz CT molecular complexity index is 735. The fourth-order valence-corrected chi connectivity index (χ4v) is 5.12. The van der Waals surface area contributed by atoms with Gasteiger partial charge in [0, 0.05) is 10.3 Å². The highest BCUT2D eigenvalue weighted by Crippen LogP contribution is 2.43. The number of amides is 1. The van der Waals surface area contributed by atoms with Crippen LogP contribution in [0.1, 0.15) is 58.8 Å². The number of nitrogens with one attached hydrogen (secondary N) is 1. The number of thioether (sulfide) groups is 1. The van der Waals surface area contributed by atoms with Gasteiger partial charge in [0.15, 0.2) is 0 Å². The molecule has 30 heavy (non-hydrogen) atoms. The molecular formula is C22H33Cl3N2O2S. The normalized spacial score (nSPS) is 15.7. The van der Waals surface area contributed by atoms with Crippen LogP contribution < -0.4 is 5.32 Å². The van der Waals surface area contributed by atoms with Gasteiger partial charge in [-0.2, -0.15) is 0 Å². The minimum absolute atomic E-state index is 0. The Hall–Kier alpha value is -0.460. The average molecular weight is 496 g/mol. The molecule has 0 unspecified atom stereocenters. The zero-order valence-corrected chi connectivity index (χ0v) is 21.4. The van der Waals surface area contributed by atoms with Gasteiger partial charge in [0.2, 0.25) is 11.0 Å². The summed E-state index contributed by atoms with van der Waals surface area (Å²) in [5, 5.41) is 3.82. The van der Waals surface area contributed by atoms with Crippen molar-refractivity contribution < 1.29 is 9.59 Å². The van der Waals surface area contributed by atoms with Crippen molar-refractivity contribution in [2.75, 3.05) is 26.0 Å². The monoisotopic (exact) mass is 494 g/mol. The fourth-order valence-electron chi connectivity index (χ4n) is 3.76. The van der Waals surface area contributed by atoms with E-state index < -0.39 is 0 Å². The summed E-state index contributed by atoms with van der Waals surface area (Å²) in [4.78, 5) is 28.2. The Morgan fingerprint density at radius 2 is 1.73 bits per heavy atom. The van der Waals surface area contributed by atoms with Crippen molar-refractivity contribution >= 4 is 64.1 Å². The number of halogens is 3. The molecule has 8 heteroatoms. The number of nitrogens with zero attached hydrogens (tertiary/aromatic N) is 1. The van der Waals surface area contributed by atoms with Crippen LogP contribution in [-0.4, -0.2) is 36.6 Å². The first-order valence-corrected chi connectivity index (χ1v) is 11.9. The van der Waals surface area contributed by atoms with E-state index in [1.54, 1.807) is 12.1 Å². The summed E-state index contributed by atoms with van der Waals surface area (Å²) in [6.07, 6.45) is 7.08. The summed E-state index contributed by atoms with van der Waals surface area (Å²) in [6, 6.07) is 3.32. The Balaban J connectivity index is 0.00000450. The molecule has 1 N–H and O–H groups in total. The zero-order valence-electron chi connectivity index (χ0n) is 18.2. The zero-order chi connectivity index (χ0) is 21.6. The Kier molecular flexibility index (Phi) is 11.5. The maximum Gasteiger partial charge on any atom is 0.230 e. The number of hydrogen-bond acceptors (Lipinski definition) is 4. The standard InChI is InChI=1S/C22H32Cl2N2O2S.ClH/c1-15(2)8-11-22(9-6-5-7-10-22)21(28)25-18-12-16(23)17(24)13-19(18)29-20(27)14-26(3)4;/h12-13,15H,5-11,14H2,1-4H3,(H,25,28);1H. The van der Waals surface area contributed by atoms with Gasteiger partial charge in [-0.1, -0.05) is 56.3 Å². The summed E-state index contributed by atoms with van der Waals surface area (Å²) in [5.41, 5.74) is 0.223. The molecule has 4 nitrogen and oxygen atoms in total. The number of rotatable bonds is 8. The second-order valence-electron chi connectivity index (χ2n) is 8.70. The number of benzene rings is 1. The van der Waals surface area contributed by atoms with E-state index >= 15 is 0 Å². The predicted molar refractivity (Wildman–Crippen MR) is 131 cm³/mol. The van der Waals surface area contributed by atoms with E-state index in [1.807, 2.05) is 19.0 Å². The van der Waals surface area contributed by atoms with E-state index in [0.717, 1.165) is 50.3 Å².